The highest BCUT2D eigenvalue weighted by Crippen LogP contribution is 2.26. The van der Waals surface area contributed by atoms with Crippen LogP contribution in [0.2, 0.25) is 0 Å². The van der Waals surface area contributed by atoms with Gasteiger partial charge in [-0.05, 0) is 44.9 Å². The zero-order valence-electron chi connectivity index (χ0n) is 51.8. The second-order valence-electron chi connectivity index (χ2n) is 23.9. The van der Waals surface area contributed by atoms with Crippen LogP contribution in [-0.2, 0) is 23.8 Å². The number of allylic oxidation sites excluding steroid dienone is 3. The second-order valence-corrected chi connectivity index (χ2v) is 23.9. The summed E-state index contributed by atoms with van der Waals surface area (Å²) >= 11 is 0. The van der Waals surface area contributed by atoms with Crippen LogP contribution in [0.3, 0.4) is 0 Å². The Labute approximate surface area is 486 Å². The molecule has 1 aliphatic heterocycles. The van der Waals surface area contributed by atoms with Crippen molar-refractivity contribution in [3.8, 4) is 0 Å². The summed E-state index contributed by atoms with van der Waals surface area (Å²) in [4.78, 5) is 26.5. The number of ether oxygens (including phenoxy) is 3. The number of aliphatic hydroxyl groups excluding tert-OH is 5. The van der Waals surface area contributed by atoms with Crippen LogP contribution in [0.5, 0.6) is 0 Å². The van der Waals surface area contributed by atoms with Crippen molar-refractivity contribution >= 4 is 11.9 Å². The van der Waals surface area contributed by atoms with Crippen LogP contribution in [0.1, 0.15) is 335 Å². The molecule has 1 heterocycles. The summed E-state index contributed by atoms with van der Waals surface area (Å²) in [6.45, 7) is 5.78. The molecule has 1 aliphatic rings. The van der Waals surface area contributed by atoms with Gasteiger partial charge in [-0.2, -0.15) is 0 Å². The molecule has 0 bridgehead atoms. The molecule has 79 heavy (non-hydrogen) atoms. The maximum Gasteiger partial charge on any atom is 0.306 e. The molecule has 6 N–H and O–H groups in total. The normalized spacial score (nSPS) is 18.9. The first-order valence-corrected chi connectivity index (χ1v) is 34.1. The van der Waals surface area contributed by atoms with E-state index < -0.39 is 67.4 Å². The Morgan fingerprint density at radius 1 is 0.481 bits per heavy atom. The van der Waals surface area contributed by atoms with Crippen molar-refractivity contribution in [1.29, 1.82) is 0 Å². The zero-order chi connectivity index (χ0) is 57.5. The van der Waals surface area contributed by atoms with Crippen molar-refractivity contribution in [2.24, 2.45) is 0 Å². The first-order chi connectivity index (χ1) is 38.7. The monoisotopic (exact) mass is 1120 g/mol. The van der Waals surface area contributed by atoms with Gasteiger partial charge in [-0.25, -0.2) is 0 Å². The first-order valence-electron chi connectivity index (χ1n) is 34.1. The number of rotatable bonds is 59. The van der Waals surface area contributed by atoms with E-state index >= 15 is 0 Å². The van der Waals surface area contributed by atoms with Crippen molar-refractivity contribution in [2.75, 3.05) is 13.2 Å². The Kier molecular flexibility index (Phi) is 53.9. The van der Waals surface area contributed by atoms with Crippen LogP contribution >= 0.6 is 0 Å². The highest BCUT2D eigenvalue weighted by Gasteiger charge is 2.47. The average molecular weight is 1120 g/mol. The maximum absolute atomic E-state index is 13.4. The van der Waals surface area contributed by atoms with E-state index in [9.17, 15) is 35.1 Å². The molecule has 1 saturated heterocycles. The molecule has 8 atom stereocenters. The fourth-order valence-electron chi connectivity index (χ4n) is 10.9. The van der Waals surface area contributed by atoms with Gasteiger partial charge < -0.3 is 45.1 Å². The number of carbonyl (C=O) groups excluding carboxylic acids is 2. The highest BCUT2D eigenvalue weighted by molar-refractivity contribution is 5.80. The van der Waals surface area contributed by atoms with E-state index in [-0.39, 0.29) is 19.4 Å². The van der Waals surface area contributed by atoms with Gasteiger partial charge >= 0.3 is 5.97 Å². The number of hydrogen-bond donors (Lipinski definition) is 6. The molecule has 466 valence electrons. The van der Waals surface area contributed by atoms with E-state index in [4.69, 9.17) is 14.2 Å². The van der Waals surface area contributed by atoms with Crippen molar-refractivity contribution in [3.63, 3.8) is 0 Å². The Bertz CT molecular complexity index is 1380. The standard InChI is InChI=1S/C68H129NO10/c1-4-7-10-13-16-19-22-24-25-26-27-28-29-30-31-32-33-34-35-36-37-39-41-44-47-50-53-56-63(73)79-66-65(75)64(74)62(57-70)78-68(66)77-58-59(60(71)54-51-48-45-43-40-38-23-20-17-14-11-8-5-2)69-67(76)61(72)55-52-49-46-42-21-18-15-12-9-6-3/h15,18,51,54,59-62,64-66,68,70-72,74-75H,4-14,16-17,19-50,52-53,55-58H2,1-3H3,(H,69,76)/b18-15-,54-51+. The smallest absolute Gasteiger partial charge is 0.306 e. The third-order valence-electron chi connectivity index (χ3n) is 16.4. The summed E-state index contributed by atoms with van der Waals surface area (Å²) in [5.74, 6) is -1.19. The number of esters is 1. The van der Waals surface area contributed by atoms with E-state index in [0.29, 0.717) is 12.8 Å². The van der Waals surface area contributed by atoms with E-state index in [2.05, 4.69) is 38.2 Å². The lowest BCUT2D eigenvalue weighted by molar-refractivity contribution is -0.305. The lowest BCUT2D eigenvalue weighted by Gasteiger charge is -2.41. The summed E-state index contributed by atoms with van der Waals surface area (Å²) in [6, 6.07) is -1.02. The number of carbonyl (C=O) groups is 2. The molecule has 0 aromatic heterocycles. The summed E-state index contributed by atoms with van der Waals surface area (Å²) in [5.41, 5.74) is 0. The average Bonchev–Trinajstić information content (AvgIpc) is 3.44. The van der Waals surface area contributed by atoms with Crippen LogP contribution < -0.4 is 5.32 Å². The molecule has 8 unspecified atom stereocenters. The molecule has 0 radical (unpaired) electrons. The summed E-state index contributed by atoms with van der Waals surface area (Å²) in [5, 5.41) is 57.0. The van der Waals surface area contributed by atoms with Gasteiger partial charge in [0, 0.05) is 6.42 Å². The fourth-order valence-corrected chi connectivity index (χ4v) is 10.9. The topological polar surface area (TPSA) is 175 Å². The van der Waals surface area contributed by atoms with Gasteiger partial charge in [0.15, 0.2) is 12.4 Å². The minimum atomic E-state index is -1.61. The quantitative estimate of drug-likeness (QED) is 0.0195. The van der Waals surface area contributed by atoms with Gasteiger partial charge in [0.25, 0.3) is 0 Å². The van der Waals surface area contributed by atoms with E-state index in [1.54, 1.807) is 6.08 Å². The third kappa shape index (κ3) is 44.4. The SMILES string of the molecule is CCCC/C=C\CCCCCCC(O)C(=O)NC(COC1OC(CO)C(O)C(O)C1OC(=O)CCCCCCCCCCCCCCCCCCCCCCCCCCCCC)C(O)/C=C/CCCCCCCCCCCCC. The Morgan fingerprint density at radius 2 is 0.848 bits per heavy atom. The first kappa shape index (κ1) is 75.2. The van der Waals surface area contributed by atoms with Crippen LogP contribution in [0.25, 0.3) is 0 Å². The number of unbranched alkanes of at least 4 members (excludes halogenated alkanes) is 43. The summed E-state index contributed by atoms with van der Waals surface area (Å²) in [7, 11) is 0. The van der Waals surface area contributed by atoms with Crippen molar-refractivity contribution in [1.82, 2.24) is 5.32 Å². The predicted molar refractivity (Wildman–Crippen MR) is 329 cm³/mol. The molecule has 0 aromatic rings. The van der Waals surface area contributed by atoms with Gasteiger partial charge in [-0.1, -0.05) is 308 Å². The maximum atomic E-state index is 13.4. The lowest BCUT2D eigenvalue weighted by Crippen LogP contribution is -2.61. The number of nitrogens with one attached hydrogen (secondary N) is 1. The molecule has 1 rings (SSSR count). The van der Waals surface area contributed by atoms with Crippen molar-refractivity contribution in [3.05, 3.63) is 24.3 Å². The highest BCUT2D eigenvalue weighted by atomic mass is 16.7. The van der Waals surface area contributed by atoms with Gasteiger partial charge in [-0.15, -0.1) is 0 Å². The molecule has 0 aromatic carbocycles. The van der Waals surface area contributed by atoms with Crippen molar-refractivity contribution in [2.45, 2.75) is 384 Å². The molecule has 11 heteroatoms. The zero-order valence-corrected chi connectivity index (χ0v) is 51.8. The molecule has 0 saturated carbocycles. The predicted octanol–water partition coefficient (Wildman–Crippen LogP) is 16.8. The molecule has 0 spiro atoms. The van der Waals surface area contributed by atoms with Gasteiger partial charge in [0.1, 0.15) is 24.4 Å². The van der Waals surface area contributed by atoms with Gasteiger partial charge in [0.2, 0.25) is 5.91 Å². The molecule has 1 fully saturated rings. The van der Waals surface area contributed by atoms with E-state index in [1.165, 1.54) is 218 Å². The molecular formula is C68H129NO10. The van der Waals surface area contributed by atoms with E-state index in [0.717, 1.165) is 70.6 Å². The van der Waals surface area contributed by atoms with Gasteiger partial charge in [0.05, 0.1) is 25.4 Å². The molecular weight excluding hydrogens is 991 g/mol. The fraction of sp³-hybridized carbons (Fsp3) is 0.912. The minimum Gasteiger partial charge on any atom is -0.454 e. The largest absolute Gasteiger partial charge is 0.454 e. The molecule has 11 nitrogen and oxygen atoms in total. The Morgan fingerprint density at radius 3 is 1.27 bits per heavy atom. The summed E-state index contributed by atoms with van der Waals surface area (Å²) in [6.07, 6.45) is 56.8. The third-order valence-corrected chi connectivity index (χ3v) is 16.4. The van der Waals surface area contributed by atoms with Gasteiger partial charge in [-0.3, -0.25) is 9.59 Å². The minimum absolute atomic E-state index is 0.129. The van der Waals surface area contributed by atoms with E-state index in [1.807, 2.05) is 6.08 Å². The van der Waals surface area contributed by atoms with Crippen LogP contribution in [0.4, 0.5) is 0 Å². The van der Waals surface area contributed by atoms with Crippen LogP contribution in [0, 0.1) is 0 Å². The molecule has 0 aliphatic carbocycles. The number of amides is 1. The lowest BCUT2D eigenvalue weighted by atomic mass is 9.99. The Hall–Kier alpha value is -1.86. The van der Waals surface area contributed by atoms with Crippen LogP contribution in [-0.4, -0.2) is 99.6 Å². The van der Waals surface area contributed by atoms with Crippen molar-refractivity contribution < 1.29 is 49.3 Å². The number of aliphatic hydroxyl groups is 5. The van der Waals surface area contributed by atoms with Crippen LogP contribution in [0.15, 0.2) is 24.3 Å². The summed E-state index contributed by atoms with van der Waals surface area (Å²) < 4.78 is 17.7. The Balaban J connectivity index is 2.50. The second kappa shape index (κ2) is 56.6. The number of hydrogen-bond acceptors (Lipinski definition) is 10. The molecule has 1 amide bonds.